The minimum absolute atomic E-state index is 0.196. The van der Waals surface area contributed by atoms with Crippen LogP contribution in [0.15, 0.2) is 114 Å². The van der Waals surface area contributed by atoms with Crippen LogP contribution >= 0.6 is 30.6 Å². The van der Waals surface area contributed by atoms with Crippen molar-refractivity contribution in [3.05, 3.63) is 176 Å². The van der Waals surface area contributed by atoms with Crippen LogP contribution in [-0.4, -0.2) is 70.7 Å². The number of aromatic nitrogens is 6. The molecule has 4 N–H and O–H groups in total. The molecular formula is C47H45Cl2N10O5PS. The number of aliphatic hydroxyl groups is 2. The average Bonchev–Trinajstić information content (AvgIpc) is 4.15. The molecule has 3 aromatic heterocycles. The number of benzene rings is 4. The molecule has 0 fully saturated rings. The van der Waals surface area contributed by atoms with Crippen LogP contribution in [0.1, 0.15) is 58.3 Å². The van der Waals surface area contributed by atoms with Crippen molar-refractivity contribution >= 4 is 65.6 Å². The molecule has 0 aliphatic heterocycles. The van der Waals surface area contributed by atoms with Crippen LogP contribution < -0.4 is 10.9 Å². The second-order valence-electron chi connectivity index (χ2n) is 14.8. The Morgan fingerprint density at radius 1 is 0.773 bits per heavy atom. The van der Waals surface area contributed by atoms with Crippen LogP contribution in [0.3, 0.4) is 0 Å². The molecule has 338 valence electrons. The normalized spacial score (nSPS) is 12.5. The van der Waals surface area contributed by atoms with E-state index in [0.29, 0.717) is 50.7 Å². The first-order chi connectivity index (χ1) is 31.7. The first kappa shape index (κ1) is 50.4. The number of nitrogens with zero attached hydrogens (tertiary/aromatic N) is 8. The minimum atomic E-state index is -0.973. The third-order valence-electron chi connectivity index (χ3n) is 10.4. The number of hydrogen-bond donors (Lipinski definition) is 4. The van der Waals surface area contributed by atoms with E-state index in [1.807, 2.05) is 56.2 Å². The second kappa shape index (κ2) is 24.1. The van der Waals surface area contributed by atoms with E-state index < -0.39 is 35.9 Å². The van der Waals surface area contributed by atoms with E-state index in [9.17, 15) is 19.8 Å². The molecule has 7 rings (SSSR count). The molecule has 0 spiro atoms. The summed E-state index contributed by atoms with van der Waals surface area (Å²) >= 11 is 16.9. The van der Waals surface area contributed by atoms with E-state index in [0.717, 1.165) is 41.0 Å². The Kier molecular flexibility index (Phi) is 18.4. The maximum absolute atomic E-state index is 12.7. The zero-order valence-corrected chi connectivity index (χ0v) is 39.6. The monoisotopic (exact) mass is 962 g/mol. The summed E-state index contributed by atoms with van der Waals surface area (Å²) in [6.45, 7) is 23.1. The molecule has 4 atom stereocenters. The maximum Gasteiger partial charge on any atom is 0.269 e. The van der Waals surface area contributed by atoms with Crippen molar-refractivity contribution < 1.29 is 24.2 Å². The second-order valence-corrected chi connectivity index (χ2v) is 17.0. The largest absolute Gasteiger partial charge is 0.420 e. The fraction of sp³-hybridized carbons (Fsp3) is 0.234. The Bertz CT molecular complexity index is 2820. The third kappa shape index (κ3) is 12.8. The standard InChI is InChI=1S/C23H22ClN5O3.C23H20ClN5O2.CH3PS/c1-14-17(7-10-20(25-3)21(14)24)13-19(15(2)30)23(32)28-27-22(31)16-5-8-18(9-6-16)29-12-4-11-26-29;1-14-17(7-10-20(25-3)21(14)24)13-19(15(2)30)23-28-27-22(31-23)16-5-8-18(9-6-16)29-12-4-11-26-29;1-2-3/h4-12,15,19,30H,13H2,1-2H3,(H,27,31)(H,28,32);4-12,15,19,30H,13H2,1-2H3;1H3/t2*15-,19+;/m00./s1. The predicted molar refractivity (Wildman–Crippen MR) is 258 cm³/mol. The average molecular weight is 964 g/mol. The molecule has 7 aromatic rings. The summed E-state index contributed by atoms with van der Waals surface area (Å²) in [5.41, 5.74) is 11.5. The van der Waals surface area contributed by atoms with E-state index in [4.69, 9.17) is 40.8 Å². The summed E-state index contributed by atoms with van der Waals surface area (Å²) in [5, 5.41) is 38.0. The first-order valence-corrected chi connectivity index (χ1v) is 23.3. The van der Waals surface area contributed by atoms with Crippen molar-refractivity contribution in [1.82, 2.24) is 40.6 Å². The summed E-state index contributed by atoms with van der Waals surface area (Å²) in [7, 11) is 1.00. The number of rotatable bonds is 12. The fourth-order valence-corrected chi connectivity index (χ4v) is 7.06. The molecule has 0 aliphatic carbocycles. The number of aliphatic hydroxyl groups excluding tert-OH is 2. The molecule has 66 heavy (non-hydrogen) atoms. The van der Waals surface area contributed by atoms with Crippen LogP contribution in [0.5, 0.6) is 0 Å². The lowest BCUT2D eigenvalue weighted by molar-refractivity contribution is -0.128. The number of hydrogen-bond acceptors (Lipinski definition) is 10. The van der Waals surface area contributed by atoms with E-state index in [-0.39, 0.29) is 6.42 Å². The van der Waals surface area contributed by atoms with Gasteiger partial charge in [-0.3, -0.25) is 20.4 Å². The highest BCUT2D eigenvalue weighted by Crippen LogP contribution is 2.35. The Morgan fingerprint density at radius 2 is 1.27 bits per heavy atom. The molecule has 3 heterocycles. The molecular weight excluding hydrogens is 919 g/mol. The molecule has 4 aromatic carbocycles. The van der Waals surface area contributed by atoms with Crippen molar-refractivity contribution in [3.8, 4) is 22.8 Å². The van der Waals surface area contributed by atoms with Gasteiger partial charge in [-0.15, -0.1) is 10.2 Å². The maximum atomic E-state index is 12.7. The van der Waals surface area contributed by atoms with Crippen LogP contribution in [-0.2, 0) is 29.4 Å². The van der Waals surface area contributed by atoms with Gasteiger partial charge >= 0.3 is 0 Å². The van der Waals surface area contributed by atoms with E-state index >= 15 is 0 Å². The molecule has 19 heteroatoms. The SMILES string of the molecule is CP=S.[C-]#[N+]c1ccc(C[C@@H](C(=O)NNC(=O)c2ccc(-n3cccn3)cc2)[C@H](C)O)c(C)c1Cl.[C-]#[N+]c1ccc(C[C@@H](c2nnc(-c3ccc(-n4cccn4)cc3)o2)[C@H](C)O)c(C)c1Cl. The van der Waals surface area contributed by atoms with Gasteiger partial charge in [0.1, 0.15) is 0 Å². The van der Waals surface area contributed by atoms with E-state index in [2.05, 4.69) is 52.7 Å². The van der Waals surface area contributed by atoms with Crippen molar-refractivity contribution in [3.63, 3.8) is 0 Å². The van der Waals surface area contributed by atoms with Gasteiger partial charge in [-0.05, 0) is 137 Å². The van der Waals surface area contributed by atoms with Gasteiger partial charge in [0.15, 0.2) is 0 Å². The van der Waals surface area contributed by atoms with Gasteiger partial charge in [0.05, 0.1) is 58.6 Å². The Hall–Kier alpha value is -6.62. The fourth-order valence-electron chi connectivity index (χ4n) is 6.61. The third-order valence-corrected chi connectivity index (χ3v) is 11.4. The highest BCUT2D eigenvalue weighted by Gasteiger charge is 2.27. The zero-order chi connectivity index (χ0) is 47.9. The van der Waals surface area contributed by atoms with Gasteiger partial charge in [0.2, 0.25) is 29.1 Å². The van der Waals surface area contributed by atoms with Crippen molar-refractivity contribution in [2.45, 2.75) is 58.7 Å². The number of amides is 2. The Balaban J connectivity index is 0.000000234. The summed E-state index contributed by atoms with van der Waals surface area (Å²) < 4.78 is 9.35. The molecule has 15 nitrogen and oxygen atoms in total. The Morgan fingerprint density at radius 3 is 1.73 bits per heavy atom. The molecule has 0 saturated heterocycles. The smallest absolute Gasteiger partial charge is 0.269 e. The highest BCUT2D eigenvalue weighted by molar-refractivity contribution is 7.96. The molecule has 2 amide bonds. The van der Waals surface area contributed by atoms with Crippen molar-refractivity contribution in [2.24, 2.45) is 5.92 Å². The van der Waals surface area contributed by atoms with E-state index in [1.165, 1.54) is 6.92 Å². The summed E-state index contributed by atoms with van der Waals surface area (Å²) in [6, 6.07) is 24.8. The van der Waals surface area contributed by atoms with Crippen LogP contribution in [0, 0.1) is 32.9 Å². The summed E-state index contributed by atoms with van der Waals surface area (Å²) in [4.78, 5) is 31.9. The summed E-state index contributed by atoms with van der Waals surface area (Å²) in [6.07, 6.45) is 6.00. The minimum Gasteiger partial charge on any atom is -0.420 e. The lowest BCUT2D eigenvalue weighted by Crippen LogP contribution is -2.47. The molecule has 0 saturated carbocycles. The number of hydrazine groups is 1. The van der Waals surface area contributed by atoms with Gasteiger partial charge in [0, 0.05) is 35.9 Å². The van der Waals surface area contributed by atoms with Crippen molar-refractivity contribution in [1.29, 1.82) is 0 Å². The number of halogens is 2. The van der Waals surface area contributed by atoms with Gasteiger partial charge in [-0.2, -0.15) is 10.2 Å². The van der Waals surface area contributed by atoms with Crippen LogP contribution in [0.2, 0.25) is 10.0 Å². The number of carbonyl (C=O) groups excluding carboxylic acids is 2. The van der Waals surface area contributed by atoms with Crippen LogP contribution in [0.25, 0.3) is 32.5 Å². The van der Waals surface area contributed by atoms with Gasteiger partial charge in [0.25, 0.3) is 5.91 Å². The lowest BCUT2D eigenvalue weighted by atomic mass is 9.91. The predicted octanol–water partition coefficient (Wildman–Crippen LogP) is 9.55. The summed E-state index contributed by atoms with van der Waals surface area (Å²) in [5.74, 6) is -1.53. The van der Waals surface area contributed by atoms with Crippen LogP contribution in [0.4, 0.5) is 11.4 Å². The lowest BCUT2D eigenvalue weighted by Gasteiger charge is -2.21. The number of carbonyl (C=O) groups is 2. The quantitative estimate of drug-likeness (QED) is 0.0523. The van der Waals surface area contributed by atoms with E-state index in [1.54, 1.807) is 90.3 Å². The Labute approximate surface area is 398 Å². The van der Waals surface area contributed by atoms with Gasteiger partial charge in [-0.25, -0.2) is 19.1 Å². The van der Waals surface area contributed by atoms with Gasteiger partial charge < -0.3 is 14.6 Å². The molecule has 0 aliphatic rings. The highest BCUT2D eigenvalue weighted by atomic mass is 35.5. The number of nitrogens with one attached hydrogen (secondary N) is 2. The van der Waals surface area contributed by atoms with Gasteiger partial charge in [-0.1, -0.05) is 59.3 Å². The topological polar surface area (TPSA) is 182 Å². The zero-order valence-electron chi connectivity index (χ0n) is 36.4. The first-order valence-electron chi connectivity index (χ1n) is 20.2. The van der Waals surface area contributed by atoms with Crippen molar-refractivity contribution in [2.75, 3.05) is 6.66 Å². The molecule has 0 unspecified atom stereocenters. The molecule has 0 radical (unpaired) electrons. The molecule has 0 bridgehead atoms.